The van der Waals surface area contributed by atoms with Crippen LogP contribution in [-0.4, -0.2) is 18.0 Å². The van der Waals surface area contributed by atoms with Gasteiger partial charge in [-0.05, 0) is 48.0 Å². The molecule has 0 fully saturated rings. The molecular weight excluding hydrogens is 527 g/mol. The second-order valence-electron chi connectivity index (χ2n) is 7.27. The SMILES string of the molecule is COc1cc(/C=C/C(=O)Nc2nc(-c3ccc(Cl)cc3)cs2)ccc1OCc1c(Cl)cccc1Cl. The predicted molar refractivity (Wildman–Crippen MR) is 144 cm³/mol. The van der Waals surface area contributed by atoms with Crippen LogP contribution < -0.4 is 14.8 Å². The summed E-state index contributed by atoms with van der Waals surface area (Å²) >= 11 is 19.7. The van der Waals surface area contributed by atoms with Crippen molar-refractivity contribution in [2.45, 2.75) is 6.61 Å². The van der Waals surface area contributed by atoms with Crippen molar-refractivity contribution < 1.29 is 14.3 Å². The summed E-state index contributed by atoms with van der Waals surface area (Å²) in [6.07, 6.45) is 3.11. The van der Waals surface area contributed by atoms with Gasteiger partial charge in [-0.1, -0.05) is 59.1 Å². The van der Waals surface area contributed by atoms with Crippen molar-refractivity contribution >= 4 is 63.3 Å². The minimum absolute atomic E-state index is 0.193. The number of benzene rings is 3. The molecule has 0 atom stereocenters. The number of carbonyl (C=O) groups is 1. The first-order valence-electron chi connectivity index (χ1n) is 10.4. The lowest BCUT2D eigenvalue weighted by Gasteiger charge is -2.13. The number of hydrogen-bond donors (Lipinski definition) is 1. The highest BCUT2D eigenvalue weighted by molar-refractivity contribution is 7.14. The van der Waals surface area contributed by atoms with Gasteiger partial charge >= 0.3 is 0 Å². The average Bonchev–Trinajstić information content (AvgIpc) is 3.31. The Morgan fingerprint density at radius 1 is 1.03 bits per heavy atom. The number of amides is 1. The van der Waals surface area contributed by atoms with Gasteiger partial charge in [-0.15, -0.1) is 11.3 Å². The normalized spacial score (nSPS) is 11.0. The lowest BCUT2D eigenvalue weighted by Crippen LogP contribution is -2.07. The van der Waals surface area contributed by atoms with Crippen LogP contribution in [0.2, 0.25) is 15.1 Å². The van der Waals surface area contributed by atoms with E-state index in [0.717, 1.165) is 16.8 Å². The van der Waals surface area contributed by atoms with E-state index in [4.69, 9.17) is 44.3 Å². The lowest BCUT2D eigenvalue weighted by atomic mass is 10.2. The number of nitrogens with zero attached hydrogens (tertiary/aromatic N) is 1. The quantitative estimate of drug-likeness (QED) is 0.228. The smallest absolute Gasteiger partial charge is 0.250 e. The summed E-state index contributed by atoms with van der Waals surface area (Å²) in [4.78, 5) is 16.8. The molecule has 0 bridgehead atoms. The zero-order chi connectivity index (χ0) is 24.8. The van der Waals surface area contributed by atoms with E-state index in [0.29, 0.717) is 37.3 Å². The maximum Gasteiger partial charge on any atom is 0.250 e. The number of nitrogens with one attached hydrogen (secondary N) is 1. The molecule has 178 valence electrons. The average molecular weight is 546 g/mol. The van der Waals surface area contributed by atoms with E-state index in [9.17, 15) is 4.79 Å². The summed E-state index contributed by atoms with van der Waals surface area (Å²) < 4.78 is 11.3. The van der Waals surface area contributed by atoms with Crippen LogP contribution in [-0.2, 0) is 11.4 Å². The number of rotatable bonds is 8. The van der Waals surface area contributed by atoms with E-state index in [-0.39, 0.29) is 12.5 Å². The molecule has 35 heavy (non-hydrogen) atoms. The fraction of sp³-hybridized carbons (Fsp3) is 0.0769. The molecule has 1 heterocycles. The lowest BCUT2D eigenvalue weighted by molar-refractivity contribution is -0.111. The second-order valence-corrected chi connectivity index (χ2v) is 9.38. The van der Waals surface area contributed by atoms with Crippen LogP contribution in [0.3, 0.4) is 0 Å². The molecule has 0 saturated carbocycles. The minimum atomic E-state index is -0.297. The number of anilines is 1. The van der Waals surface area contributed by atoms with Gasteiger partial charge in [0.15, 0.2) is 16.6 Å². The van der Waals surface area contributed by atoms with E-state index in [2.05, 4.69) is 10.3 Å². The van der Waals surface area contributed by atoms with Gasteiger partial charge in [0.2, 0.25) is 5.91 Å². The van der Waals surface area contributed by atoms with E-state index < -0.39 is 0 Å². The Kier molecular flexibility index (Phi) is 8.31. The van der Waals surface area contributed by atoms with Gasteiger partial charge in [0, 0.05) is 37.7 Å². The van der Waals surface area contributed by atoms with Gasteiger partial charge in [0.05, 0.1) is 12.8 Å². The first-order chi connectivity index (χ1) is 16.9. The molecule has 4 rings (SSSR count). The first kappa shape index (κ1) is 25.1. The number of ether oxygens (including phenoxy) is 2. The number of methoxy groups -OCH3 is 1. The van der Waals surface area contributed by atoms with Crippen molar-refractivity contribution in [1.29, 1.82) is 0 Å². The first-order valence-corrected chi connectivity index (χ1v) is 12.4. The minimum Gasteiger partial charge on any atom is -0.493 e. The van der Waals surface area contributed by atoms with Crippen molar-refractivity contribution in [3.05, 3.63) is 98.3 Å². The van der Waals surface area contributed by atoms with Crippen LogP contribution in [0.4, 0.5) is 5.13 Å². The van der Waals surface area contributed by atoms with Crippen molar-refractivity contribution in [2.24, 2.45) is 0 Å². The van der Waals surface area contributed by atoms with Crippen LogP contribution in [0.15, 0.2) is 72.1 Å². The van der Waals surface area contributed by atoms with Crippen LogP contribution in [0.25, 0.3) is 17.3 Å². The third-order valence-corrected chi connectivity index (χ3v) is 6.64. The molecule has 1 amide bonds. The number of carbonyl (C=O) groups excluding carboxylic acids is 1. The van der Waals surface area contributed by atoms with Gasteiger partial charge in [-0.2, -0.15) is 0 Å². The molecule has 0 spiro atoms. The summed E-state index contributed by atoms with van der Waals surface area (Å²) in [6.45, 7) is 0.193. The van der Waals surface area contributed by atoms with Gasteiger partial charge in [-0.25, -0.2) is 4.98 Å². The third-order valence-electron chi connectivity index (χ3n) is 4.92. The molecule has 0 unspecified atom stereocenters. The van der Waals surface area contributed by atoms with Crippen molar-refractivity contribution in [2.75, 3.05) is 12.4 Å². The van der Waals surface area contributed by atoms with Gasteiger partial charge in [0.1, 0.15) is 6.61 Å². The van der Waals surface area contributed by atoms with E-state index >= 15 is 0 Å². The summed E-state index contributed by atoms with van der Waals surface area (Å²) in [5.74, 6) is 0.750. The highest BCUT2D eigenvalue weighted by Crippen LogP contribution is 2.32. The van der Waals surface area contributed by atoms with E-state index in [1.165, 1.54) is 17.4 Å². The molecule has 1 N–H and O–H groups in total. The predicted octanol–water partition coefficient (Wildman–Crippen LogP) is 8.01. The van der Waals surface area contributed by atoms with Gasteiger partial charge in [-0.3, -0.25) is 10.1 Å². The van der Waals surface area contributed by atoms with Gasteiger partial charge in [0.25, 0.3) is 0 Å². The van der Waals surface area contributed by atoms with Crippen molar-refractivity contribution in [3.63, 3.8) is 0 Å². The monoisotopic (exact) mass is 544 g/mol. The molecule has 3 aromatic carbocycles. The maximum absolute atomic E-state index is 12.4. The van der Waals surface area contributed by atoms with Crippen LogP contribution in [0.5, 0.6) is 11.5 Å². The van der Waals surface area contributed by atoms with Crippen molar-refractivity contribution in [1.82, 2.24) is 4.98 Å². The molecule has 0 aliphatic heterocycles. The zero-order valence-corrected chi connectivity index (χ0v) is 21.5. The molecule has 5 nitrogen and oxygen atoms in total. The van der Waals surface area contributed by atoms with Gasteiger partial charge < -0.3 is 9.47 Å². The number of aromatic nitrogens is 1. The summed E-state index contributed by atoms with van der Waals surface area (Å²) in [6, 6.07) is 18.0. The molecule has 0 aliphatic carbocycles. The Balaban J connectivity index is 1.39. The Hall–Kier alpha value is -3.03. The zero-order valence-electron chi connectivity index (χ0n) is 18.4. The maximum atomic E-state index is 12.4. The molecule has 0 saturated heterocycles. The summed E-state index contributed by atoms with van der Waals surface area (Å²) in [5, 5.41) is 6.87. The van der Waals surface area contributed by atoms with Crippen LogP contribution in [0, 0.1) is 0 Å². The van der Waals surface area contributed by atoms with Crippen LogP contribution in [0.1, 0.15) is 11.1 Å². The van der Waals surface area contributed by atoms with E-state index in [1.54, 1.807) is 55.7 Å². The Labute approximate surface area is 221 Å². The summed E-state index contributed by atoms with van der Waals surface area (Å²) in [7, 11) is 1.55. The van der Waals surface area contributed by atoms with Crippen LogP contribution >= 0.6 is 46.1 Å². The Morgan fingerprint density at radius 2 is 1.77 bits per heavy atom. The summed E-state index contributed by atoms with van der Waals surface area (Å²) in [5.41, 5.74) is 3.15. The van der Waals surface area contributed by atoms with Crippen molar-refractivity contribution in [3.8, 4) is 22.8 Å². The fourth-order valence-electron chi connectivity index (χ4n) is 3.13. The molecule has 1 aromatic heterocycles. The number of thiazole rings is 1. The standard InChI is InChI=1S/C26H19Cl3N2O3S/c1-33-24-13-16(5-11-23(24)34-14-19-20(28)3-2-4-21(19)29)6-12-25(32)31-26-30-22(15-35-26)17-7-9-18(27)10-8-17/h2-13,15H,14H2,1H3,(H,30,31,32)/b12-6+. The number of halogens is 3. The highest BCUT2D eigenvalue weighted by atomic mass is 35.5. The Morgan fingerprint density at radius 3 is 2.49 bits per heavy atom. The molecule has 4 aromatic rings. The highest BCUT2D eigenvalue weighted by Gasteiger charge is 2.10. The van der Waals surface area contributed by atoms with E-state index in [1.807, 2.05) is 23.6 Å². The molecule has 9 heteroatoms. The fourth-order valence-corrected chi connectivity index (χ4v) is 4.49. The third kappa shape index (κ3) is 6.55. The molecule has 0 radical (unpaired) electrons. The molecular formula is C26H19Cl3N2O3S. The number of hydrogen-bond acceptors (Lipinski definition) is 5. The topological polar surface area (TPSA) is 60.5 Å². The Bertz CT molecular complexity index is 1350. The largest absolute Gasteiger partial charge is 0.493 e. The second kappa shape index (κ2) is 11.6. The molecule has 0 aliphatic rings.